The molecule has 1 amide bonds. The van der Waals surface area contributed by atoms with Crippen molar-refractivity contribution in [1.82, 2.24) is 16.0 Å². The first-order valence-corrected chi connectivity index (χ1v) is 8.30. The Morgan fingerprint density at radius 3 is 2.65 bits per heavy atom. The van der Waals surface area contributed by atoms with Crippen molar-refractivity contribution in [2.75, 3.05) is 19.6 Å². The van der Waals surface area contributed by atoms with Crippen molar-refractivity contribution < 1.29 is 4.79 Å². The van der Waals surface area contributed by atoms with Crippen LogP contribution < -0.4 is 16.0 Å². The van der Waals surface area contributed by atoms with Gasteiger partial charge >= 0.3 is 0 Å². The van der Waals surface area contributed by atoms with Gasteiger partial charge in [0, 0.05) is 24.5 Å². The van der Waals surface area contributed by atoms with Crippen LogP contribution in [-0.2, 0) is 11.2 Å². The van der Waals surface area contributed by atoms with Crippen molar-refractivity contribution in [2.24, 2.45) is 4.99 Å². The number of hydrogen-bond acceptors (Lipinski definition) is 2. The van der Waals surface area contributed by atoms with Crippen LogP contribution in [0.1, 0.15) is 44.7 Å². The van der Waals surface area contributed by atoms with Gasteiger partial charge in [-0.05, 0) is 45.2 Å². The molecule has 0 aromatic heterocycles. The summed E-state index contributed by atoms with van der Waals surface area (Å²) >= 11 is 0. The summed E-state index contributed by atoms with van der Waals surface area (Å²) in [6.07, 6.45) is 1.10. The maximum atomic E-state index is 11.9. The molecule has 5 nitrogen and oxygen atoms in total. The number of nitrogens with one attached hydrogen (secondary N) is 3. The molecule has 0 fully saturated rings. The lowest BCUT2D eigenvalue weighted by molar-refractivity contribution is -0.121. The average Bonchev–Trinajstić information content (AvgIpc) is 2.43. The molecule has 5 heteroatoms. The van der Waals surface area contributed by atoms with Crippen molar-refractivity contribution in [3.63, 3.8) is 0 Å². The average molecular weight is 316 g/mol. The van der Waals surface area contributed by atoms with E-state index in [1.165, 1.54) is 11.1 Å². The number of rotatable bonds is 5. The number of hydrogen-bond donors (Lipinski definition) is 3. The van der Waals surface area contributed by atoms with E-state index < -0.39 is 0 Å². The topological polar surface area (TPSA) is 65.5 Å². The number of guanidine groups is 1. The largest absolute Gasteiger partial charge is 0.357 e. The van der Waals surface area contributed by atoms with Crippen LogP contribution in [0.4, 0.5) is 0 Å². The molecule has 0 radical (unpaired) electrons. The fourth-order valence-corrected chi connectivity index (χ4v) is 2.72. The maximum Gasteiger partial charge on any atom is 0.242 e. The number of carbonyl (C=O) groups is 1. The highest BCUT2D eigenvalue weighted by molar-refractivity contribution is 5.85. The molecule has 1 unspecified atom stereocenters. The van der Waals surface area contributed by atoms with E-state index in [1.54, 1.807) is 0 Å². The molecule has 0 heterocycles. The van der Waals surface area contributed by atoms with Gasteiger partial charge in [-0.25, -0.2) is 4.99 Å². The molecule has 0 saturated heterocycles. The van der Waals surface area contributed by atoms with Crippen molar-refractivity contribution in [2.45, 2.75) is 45.6 Å². The van der Waals surface area contributed by atoms with Gasteiger partial charge in [-0.15, -0.1) is 0 Å². The molecule has 1 atom stereocenters. The van der Waals surface area contributed by atoms with Crippen LogP contribution in [0, 0.1) is 0 Å². The van der Waals surface area contributed by atoms with E-state index in [9.17, 15) is 4.79 Å². The van der Waals surface area contributed by atoms with Crippen LogP contribution in [0.5, 0.6) is 0 Å². The molecule has 1 aromatic carbocycles. The SMILES string of the molecule is CCNC(=NCC(=O)NC(C)(C)C)NCC1Cc2ccccc21. The van der Waals surface area contributed by atoms with Gasteiger partial charge in [0.1, 0.15) is 6.54 Å². The Labute approximate surface area is 139 Å². The van der Waals surface area contributed by atoms with Gasteiger partial charge < -0.3 is 16.0 Å². The summed E-state index contributed by atoms with van der Waals surface area (Å²) in [5.74, 6) is 1.16. The Morgan fingerprint density at radius 2 is 2.00 bits per heavy atom. The standard InChI is InChI=1S/C18H28N4O/c1-5-19-17(21-12-16(23)22-18(2,3)4)20-11-14-10-13-8-6-7-9-15(13)14/h6-9,14H,5,10-12H2,1-4H3,(H,22,23)(H2,19,20,21). The third-order valence-electron chi connectivity index (χ3n) is 3.72. The monoisotopic (exact) mass is 316 g/mol. The molecule has 3 N–H and O–H groups in total. The third-order valence-corrected chi connectivity index (χ3v) is 3.72. The normalized spacial score (nSPS) is 17.0. The van der Waals surface area contributed by atoms with Gasteiger partial charge in [-0.1, -0.05) is 24.3 Å². The Kier molecular flexibility index (Phi) is 5.64. The second-order valence-electron chi connectivity index (χ2n) is 6.97. The number of benzene rings is 1. The van der Waals surface area contributed by atoms with Gasteiger partial charge in [0.25, 0.3) is 0 Å². The van der Waals surface area contributed by atoms with Crippen LogP contribution in [0.3, 0.4) is 0 Å². The smallest absolute Gasteiger partial charge is 0.242 e. The van der Waals surface area contributed by atoms with Crippen molar-refractivity contribution >= 4 is 11.9 Å². The minimum atomic E-state index is -0.228. The first-order chi connectivity index (χ1) is 10.9. The lowest BCUT2D eigenvalue weighted by Crippen LogP contribution is -2.44. The van der Waals surface area contributed by atoms with Gasteiger partial charge in [-0.2, -0.15) is 0 Å². The summed E-state index contributed by atoms with van der Waals surface area (Å²) < 4.78 is 0. The zero-order chi connectivity index (χ0) is 16.9. The number of carbonyl (C=O) groups excluding carboxylic acids is 1. The predicted octanol–water partition coefficient (Wildman–Crippen LogP) is 1.80. The van der Waals surface area contributed by atoms with Crippen molar-refractivity contribution in [3.05, 3.63) is 35.4 Å². The lowest BCUT2D eigenvalue weighted by atomic mass is 9.78. The number of aliphatic imine (C=N–C) groups is 1. The summed E-state index contributed by atoms with van der Waals surface area (Å²) in [4.78, 5) is 16.2. The number of fused-ring (bicyclic) bond motifs is 1. The number of amides is 1. The number of nitrogens with zero attached hydrogens (tertiary/aromatic N) is 1. The molecular weight excluding hydrogens is 288 g/mol. The summed E-state index contributed by atoms with van der Waals surface area (Å²) in [7, 11) is 0. The van der Waals surface area contributed by atoms with Crippen LogP contribution in [0.15, 0.2) is 29.3 Å². The molecule has 0 bridgehead atoms. The maximum absolute atomic E-state index is 11.9. The fraction of sp³-hybridized carbons (Fsp3) is 0.556. The van der Waals surface area contributed by atoms with E-state index in [2.05, 4.69) is 45.2 Å². The molecule has 0 aliphatic heterocycles. The van der Waals surface area contributed by atoms with Gasteiger partial charge in [0.05, 0.1) is 0 Å². The fourth-order valence-electron chi connectivity index (χ4n) is 2.72. The van der Waals surface area contributed by atoms with Crippen LogP contribution in [0.2, 0.25) is 0 Å². The van der Waals surface area contributed by atoms with Crippen molar-refractivity contribution in [3.8, 4) is 0 Å². The Balaban J connectivity index is 1.84. The van der Waals surface area contributed by atoms with Crippen LogP contribution in [0.25, 0.3) is 0 Å². The van der Waals surface area contributed by atoms with E-state index in [0.717, 1.165) is 19.5 Å². The second-order valence-corrected chi connectivity index (χ2v) is 6.97. The third kappa shape index (κ3) is 5.27. The summed E-state index contributed by atoms with van der Waals surface area (Å²) in [6.45, 7) is 9.65. The highest BCUT2D eigenvalue weighted by Crippen LogP contribution is 2.33. The highest BCUT2D eigenvalue weighted by Gasteiger charge is 2.25. The first-order valence-electron chi connectivity index (χ1n) is 8.30. The predicted molar refractivity (Wildman–Crippen MR) is 94.8 cm³/mol. The molecule has 0 spiro atoms. The van der Waals surface area contributed by atoms with Gasteiger partial charge in [0.2, 0.25) is 5.91 Å². The molecule has 1 aromatic rings. The first kappa shape index (κ1) is 17.3. The van der Waals surface area contributed by atoms with E-state index in [1.807, 2.05) is 27.7 Å². The van der Waals surface area contributed by atoms with Gasteiger partial charge in [0.15, 0.2) is 5.96 Å². The summed E-state index contributed by atoms with van der Waals surface area (Å²) in [6, 6.07) is 8.54. The zero-order valence-corrected chi connectivity index (χ0v) is 14.6. The quantitative estimate of drug-likeness (QED) is 0.573. The summed E-state index contributed by atoms with van der Waals surface area (Å²) in [5.41, 5.74) is 2.63. The van der Waals surface area contributed by atoms with E-state index >= 15 is 0 Å². The van der Waals surface area contributed by atoms with Crippen molar-refractivity contribution in [1.29, 1.82) is 0 Å². The molecule has 1 aliphatic rings. The van der Waals surface area contributed by atoms with E-state index in [-0.39, 0.29) is 18.0 Å². The minimum absolute atomic E-state index is 0.0660. The second kappa shape index (κ2) is 7.49. The molecule has 126 valence electrons. The van der Waals surface area contributed by atoms with E-state index in [4.69, 9.17) is 0 Å². The molecule has 23 heavy (non-hydrogen) atoms. The Hall–Kier alpha value is -2.04. The van der Waals surface area contributed by atoms with Crippen LogP contribution >= 0.6 is 0 Å². The Morgan fingerprint density at radius 1 is 1.26 bits per heavy atom. The lowest BCUT2D eigenvalue weighted by Gasteiger charge is -2.30. The van der Waals surface area contributed by atoms with Crippen LogP contribution in [-0.4, -0.2) is 37.0 Å². The highest BCUT2D eigenvalue weighted by atomic mass is 16.2. The zero-order valence-electron chi connectivity index (χ0n) is 14.6. The van der Waals surface area contributed by atoms with Gasteiger partial charge in [-0.3, -0.25) is 4.79 Å². The molecule has 1 aliphatic carbocycles. The minimum Gasteiger partial charge on any atom is -0.357 e. The molecule has 0 saturated carbocycles. The molecular formula is C18H28N4O. The molecule has 2 rings (SSSR count). The Bertz CT molecular complexity index is 575. The summed E-state index contributed by atoms with van der Waals surface area (Å²) in [5, 5.41) is 9.44. The van der Waals surface area contributed by atoms with E-state index in [0.29, 0.717) is 11.9 Å².